The van der Waals surface area contributed by atoms with Crippen molar-refractivity contribution in [2.75, 3.05) is 17.7 Å². The van der Waals surface area contributed by atoms with Crippen molar-refractivity contribution >= 4 is 58.2 Å². The lowest BCUT2D eigenvalue weighted by atomic mass is 10.1. The molecule has 0 bridgehead atoms. The smallest absolute Gasteiger partial charge is 0.307 e. The number of hydrogen-bond donors (Lipinski definition) is 2. The zero-order valence-electron chi connectivity index (χ0n) is 18.9. The molecule has 0 saturated carbocycles. The number of hydrogen-bond acceptors (Lipinski definition) is 6. The van der Waals surface area contributed by atoms with Crippen LogP contribution >= 0.6 is 23.8 Å². The summed E-state index contributed by atoms with van der Waals surface area (Å²) < 4.78 is 6.76. The number of carbonyl (C=O) groups excluding carboxylic acids is 3. The zero-order chi connectivity index (χ0) is 25.1. The Bertz CT molecular complexity index is 1280. The number of aromatic nitrogens is 2. The molecule has 3 aromatic rings. The molecule has 180 valence electrons. The number of rotatable bonds is 7. The average molecular weight is 514 g/mol. The van der Waals surface area contributed by atoms with E-state index in [1.165, 1.54) is 9.58 Å². The standard InChI is InChI=1S/C23H21ClN6O4S/c1-28-22(33)17(12-19(31)25-16-10-8-15(24)9-11-16)30(23(28)35)13-18-21(34-27-29(18)2)26-20(32)14-6-4-3-5-7-14/h3-11,17H,12-13H2,1-2H3,(H-,25,26,27,31,32)/p+1. The van der Waals surface area contributed by atoms with E-state index in [-0.39, 0.29) is 41.7 Å². The van der Waals surface area contributed by atoms with Gasteiger partial charge in [-0.1, -0.05) is 29.8 Å². The molecule has 1 aliphatic heterocycles. The van der Waals surface area contributed by atoms with Crippen molar-refractivity contribution in [1.82, 2.24) is 15.1 Å². The number of likely N-dealkylation sites (N-methyl/N-ethyl adjacent to an activating group) is 1. The fourth-order valence-corrected chi connectivity index (χ4v) is 4.03. The number of aryl methyl sites for hydroxylation is 1. The second-order valence-corrected chi connectivity index (χ2v) is 8.68. The number of anilines is 2. The van der Waals surface area contributed by atoms with E-state index in [0.717, 1.165) is 0 Å². The van der Waals surface area contributed by atoms with Crippen LogP contribution in [0.15, 0.2) is 59.1 Å². The first kappa shape index (κ1) is 24.3. The topological polar surface area (TPSA) is 112 Å². The summed E-state index contributed by atoms with van der Waals surface area (Å²) in [7, 11) is 3.20. The fraction of sp³-hybridized carbons (Fsp3) is 0.217. The maximum atomic E-state index is 12.9. The summed E-state index contributed by atoms with van der Waals surface area (Å²) in [5, 5.41) is 10.1. The highest BCUT2D eigenvalue weighted by molar-refractivity contribution is 7.80. The van der Waals surface area contributed by atoms with E-state index in [1.54, 1.807) is 67.5 Å². The van der Waals surface area contributed by atoms with Gasteiger partial charge in [-0.05, 0) is 53.3 Å². The van der Waals surface area contributed by atoms with Gasteiger partial charge >= 0.3 is 5.88 Å². The molecule has 1 unspecified atom stereocenters. The third kappa shape index (κ3) is 5.31. The lowest BCUT2D eigenvalue weighted by molar-refractivity contribution is -0.746. The molecule has 12 heteroatoms. The average Bonchev–Trinajstić information content (AvgIpc) is 3.28. The SMILES string of the molecule is CN1C(=O)C(CC(=O)Nc2ccc(Cl)cc2)N(Cc2c(NC(=O)c3ccccc3)on[n+]2C)C1=S. The highest BCUT2D eigenvalue weighted by Crippen LogP contribution is 2.24. The van der Waals surface area contributed by atoms with Crippen molar-refractivity contribution in [2.24, 2.45) is 7.05 Å². The third-order valence-corrected chi connectivity index (χ3v) is 6.28. The predicted molar refractivity (Wildman–Crippen MR) is 131 cm³/mol. The van der Waals surface area contributed by atoms with Gasteiger partial charge in [0.15, 0.2) is 12.2 Å². The Morgan fingerprint density at radius 1 is 1.14 bits per heavy atom. The van der Waals surface area contributed by atoms with E-state index in [1.807, 2.05) is 6.07 Å². The lowest BCUT2D eigenvalue weighted by Gasteiger charge is -2.21. The molecule has 1 aromatic heterocycles. The van der Waals surface area contributed by atoms with Crippen molar-refractivity contribution in [2.45, 2.75) is 19.0 Å². The zero-order valence-corrected chi connectivity index (χ0v) is 20.5. The minimum Gasteiger partial charge on any atom is -0.326 e. The Balaban J connectivity index is 1.52. The summed E-state index contributed by atoms with van der Waals surface area (Å²) in [5.41, 5.74) is 1.48. The first-order chi connectivity index (χ1) is 16.7. The van der Waals surface area contributed by atoms with Crippen LogP contribution in [0.1, 0.15) is 22.5 Å². The first-order valence-electron chi connectivity index (χ1n) is 10.6. The highest BCUT2D eigenvalue weighted by atomic mass is 35.5. The minimum absolute atomic E-state index is 0.0816. The molecule has 2 heterocycles. The summed E-state index contributed by atoms with van der Waals surface area (Å²) in [5.74, 6) is -0.925. The number of nitrogens with zero attached hydrogens (tertiary/aromatic N) is 4. The van der Waals surface area contributed by atoms with Crippen LogP contribution in [0.5, 0.6) is 0 Å². The maximum absolute atomic E-state index is 12.9. The molecule has 4 rings (SSSR count). The molecule has 2 aromatic carbocycles. The Morgan fingerprint density at radius 3 is 2.51 bits per heavy atom. The molecular weight excluding hydrogens is 492 g/mol. The largest absolute Gasteiger partial charge is 0.326 e. The normalized spacial score (nSPS) is 15.5. The van der Waals surface area contributed by atoms with Gasteiger partial charge in [0.2, 0.25) is 11.2 Å². The molecular formula is C23H22ClN6O4S+. The number of carbonyl (C=O) groups is 3. The van der Waals surface area contributed by atoms with Crippen molar-refractivity contribution < 1.29 is 23.6 Å². The van der Waals surface area contributed by atoms with E-state index in [2.05, 4.69) is 15.9 Å². The number of thiocarbonyl (C=S) groups is 1. The number of nitrogens with one attached hydrogen (secondary N) is 2. The molecule has 3 amide bonds. The van der Waals surface area contributed by atoms with Crippen LogP contribution in [-0.4, -0.2) is 51.0 Å². The molecule has 2 N–H and O–H groups in total. The summed E-state index contributed by atoms with van der Waals surface area (Å²) >= 11 is 11.4. The van der Waals surface area contributed by atoms with E-state index in [0.29, 0.717) is 22.0 Å². The predicted octanol–water partition coefficient (Wildman–Crippen LogP) is 2.36. The fourth-order valence-electron chi connectivity index (χ4n) is 3.62. The van der Waals surface area contributed by atoms with Gasteiger partial charge in [0.25, 0.3) is 17.5 Å². The van der Waals surface area contributed by atoms with Gasteiger partial charge < -0.3 is 10.2 Å². The van der Waals surface area contributed by atoms with Gasteiger partial charge in [0.05, 0.1) is 6.42 Å². The summed E-state index contributed by atoms with van der Waals surface area (Å²) in [6, 6.07) is 14.5. The minimum atomic E-state index is -0.840. The number of benzene rings is 2. The Morgan fingerprint density at radius 2 is 1.83 bits per heavy atom. The molecule has 1 saturated heterocycles. The van der Waals surface area contributed by atoms with Gasteiger partial charge in [-0.25, -0.2) is 0 Å². The molecule has 0 spiro atoms. The van der Waals surface area contributed by atoms with Gasteiger partial charge in [-0.15, -0.1) is 0 Å². The summed E-state index contributed by atoms with van der Waals surface area (Å²) in [6.45, 7) is 0.0816. The molecule has 1 atom stereocenters. The molecule has 0 radical (unpaired) electrons. The second kappa shape index (κ2) is 10.2. The molecule has 10 nitrogen and oxygen atoms in total. The second-order valence-electron chi connectivity index (χ2n) is 7.88. The van der Waals surface area contributed by atoms with Gasteiger partial charge in [0, 0.05) is 23.3 Å². The van der Waals surface area contributed by atoms with Crippen molar-refractivity contribution in [3.05, 3.63) is 70.9 Å². The van der Waals surface area contributed by atoms with Crippen LogP contribution in [0.3, 0.4) is 0 Å². The van der Waals surface area contributed by atoms with Crippen LogP contribution in [0.25, 0.3) is 0 Å². The van der Waals surface area contributed by atoms with E-state index >= 15 is 0 Å². The molecule has 0 aliphatic carbocycles. The lowest BCUT2D eigenvalue weighted by Crippen LogP contribution is -2.42. The Hall–Kier alpha value is -3.83. The van der Waals surface area contributed by atoms with Crippen LogP contribution in [-0.2, 0) is 23.2 Å². The maximum Gasteiger partial charge on any atom is 0.307 e. The summed E-state index contributed by atoms with van der Waals surface area (Å²) in [6.07, 6.45) is -0.132. The van der Waals surface area contributed by atoms with E-state index < -0.39 is 6.04 Å². The monoisotopic (exact) mass is 513 g/mol. The van der Waals surface area contributed by atoms with Gasteiger partial charge in [0.1, 0.15) is 12.6 Å². The van der Waals surface area contributed by atoms with Crippen molar-refractivity contribution in [3.8, 4) is 0 Å². The van der Waals surface area contributed by atoms with Gasteiger partial charge in [-0.3, -0.25) is 29.1 Å². The van der Waals surface area contributed by atoms with Crippen LogP contribution < -0.4 is 15.3 Å². The molecule has 35 heavy (non-hydrogen) atoms. The summed E-state index contributed by atoms with van der Waals surface area (Å²) in [4.78, 5) is 41.2. The number of amides is 3. The van der Waals surface area contributed by atoms with Crippen LogP contribution in [0, 0.1) is 0 Å². The molecule has 1 fully saturated rings. The quantitative estimate of drug-likeness (QED) is 0.368. The Kier molecular flexibility index (Phi) is 7.08. The van der Waals surface area contributed by atoms with Crippen LogP contribution in [0.4, 0.5) is 11.6 Å². The Labute approximate surface area is 211 Å². The van der Waals surface area contributed by atoms with Crippen LogP contribution in [0.2, 0.25) is 5.02 Å². The van der Waals surface area contributed by atoms with Crippen molar-refractivity contribution in [1.29, 1.82) is 0 Å². The molecule has 1 aliphatic rings. The number of halogens is 1. The third-order valence-electron chi connectivity index (χ3n) is 5.52. The van der Waals surface area contributed by atoms with Gasteiger partial charge in [-0.2, -0.15) is 0 Å². The van der Waals surface area contributed by atoms with Crippen molar-refractivity contribution in [3.63, 3.8) is 0 Å². The van der Waals surface area contributed by atoms with E-state index in [9.17, 15) is 14.4 Å². The highest BCUT2D eigenvalue weighted by Gasteiger charge is 2.43. The first-order valence-corrected chi connectivity index (χ1v) is 11.4. The van der Waals surface area contributed by atoms with E-state index in [4.69, 9.17) is 28.3 Å².